The molecule has 0 fully saturated rings. The van der Waals surface area contributed by atoms with Gasteiger partial charge in [-0.1, -0.05) is 30.6 Å². The fraction of sp³-hybridized carbons (Fsp3) is 0.316. The first-order valence-corrected chi connectivity index (χ1v) is 10.5. The number of hydrogen-bond acceptors (Lipinski definition) is 7. The van der Waals surface area contributed by atoms with E-state index in [-0.39, 0.29) is 34.3 Å². The number of carbonyl (C=O) groups excluding carboxylic acids is 2. The van der Waals surface area contributed by atoms with E-state index < -0.39 is 21.9 Å². The number of carbonyl (C=O) groups is 2. The maximum absolute atomic E-state index is 13.2. The number of nitrogens with one attached hydrogen (secondary N) is 1. The van der Waals surface area contributed by atoms with Gasteiger partial charge < -0.3 is 14.6 Å². The maximum Gasteiger partial charge on any atom is 0.308 e. The standard InChI is InChI=1S/C19H21N3O6S/c1-4-5-10-22-17(19(24)20-16-11-12(2)28-21-16)18(27-13(3)23)14-8-6-7-9-15(14)29(22,25)26/h6-9,11H,4-5,10H2,1-3H3,(H,20,21,24). The number of rotatable bonds is 6. The van der Waals surface area contributed by atoms with Gasteiger partial charge in [0.25, 0.3) is 15.9 Å². The fourth-order valence-corrected chi connectivity index (χ4v) is 4.66. The molecule has 29 heavy (non-hydrogen) atoms. The monoisotopic (exact) mass is 419 g/mol. The van der Waals surface area contributed by atoms with Crippen LogP contribution in [0.25, 0.3) is 5.76 Å². The van der Waals surface area contributed by atoms with Crippen LogP contribution < -0.4 is 5.32 Å². The molecule has 0 spiro atoms. The number of ether oxygens (including phenoxy) is 1. The van der Waals surface area contributed by atoms with Gasteiger partial charge in [-0.25, -0.2) is 8.42 Å². The minimum Gasteiger partial charge on any atom is -0.424 e. The second kappa shape index (κ2) is 8.08. The summed E-state index contributed by atoms with van der Waals surface area (Å²) in [6, 6.07) is 7.59. The van der Waals surface area contributed by atoms with E-state index in [2.05, 4.69) is 10.5 Å². The molecule has 1 aliphatic heterocycles. The summed E-state index contributed by atoms with van der Waals surface area (Å²) in [6.45, 7) is 4.80. The van der Waals surface area contributed by atoms with Gasteiger partial charge in [0.1, 0.15) is 5.76 Å². The van der Waals surface area contributed by atoms with E-state index in [1.54, 1.807) is 19.1 Å². The van der Waals surface area contributed by atoms with Gasteiger partial charge in [0.2, 0.25) is 0 Å². The van der Waals surface area contributed by atoms with Crippen LogP contribution in [0.1, 0.15) is 38.0 Å². The van der Waals surface area contributed by atoms with Crippen LogP contribution >= 0.6 is 0 Å². The maximum atomic E-state index is 13.2. The highest BCUT2D eigenvalue weighted by molar-refractivity contribution is 7.89. The SMILES string of the molecule is CCCCN1C(C(=O)Nc2cc(C)on2)=C(OC(C)=O)c2ccccc2S1(=O)=O. The molecule has 10 heteroatoms. The summed E-state index contributed by atoms with van der Waals surface area (Å²) < 4.78 is 37.7. The Bertz CT molecular complexity index is 1090. The molecular weight excluding hydrogens is 398 g/mol. The third-order valence-corrected chi connectivity index (χ3v) is 6.07. The van der Waals surface area contributed by atoms with Crippen LogP contribution in [0, 0.1) is 6.92 Å². The first kappa shape index (κ1) is 20.6. The highest BCUT2D eigenvalue weighted by Gasteiger charge is 2.41. The van der Waals surface area contributed by atoms with Crippen molar-refractivity contribution in [2.24, 2.45) is 0 Å². The molecule has 1 amide bonds. The van der Waals surface area contributed by atoms with Crippen molar-refractivity contribution >= 4 is 33.5 Å². The molecular formula is C19H21N3O6S. The molecule has 2 heterocycles. The Morgan fingerprint density at radius 3 is 2.62 bits per heavy atom. The van der Waals surface area contributed by atoms with Gasteiger partial charge in [-0.3, -0.25) is 13.9 Å². The van der Waals surface area contributed by atoms with Crippen molar-refractivity contribution in [3.8, 4) is 0 Å². The molecule has 0 aliphatic carbocycles. The van der Waals surface area contributed by atoms with E-state index >= 15 is 0 Å². The van der Waals surface area contributed by atoms with Crippen molar-refractivity contribution in [3.05, 3.63) is 47.4 Å². The quantitative estimate of drug-likeness (QED) is 0.715. The van der Waals surface area contributed by atoms with Crippen LogP contribution in [-0.4, -0.2) is 36.3 Å². The summed E-state index contributed by atoms with van der Waals surface area (Å²) in [7, 11) is -4.03. The highest BCUT2D eigenvalue weighted by Crippen LogP contribution is 2.38. The van der Waals surface area contributed by atoms with E-state index in [1.807, 2.05) is 6.92 Å². The molecule has 0 atom stereocenters. The molecule has 1 aromatic heterocycles. The lowest BCUT2D eigenvalue weighted by molar-refractivity contribution is -0.134. The zero-order valence-corrected chi connectivity index (χ0v) is 17.1. The van der Waals surface area contributed by atoms with Crippen LogP contribution in [0.4, 0.5) is 5.82 Å². The normalized spacial score (nSPS) is 15.1. The number of nitrogens with zero attached hydrogens (tertiary/aromatic N) is 2. The van der Waals surface area contributed by atoms with E-state index in [0.29, 0.717) is 18.6 Å². The van der Waals surface area contributed by atoms with Crippen LogP contribution in [0.2, 0.25) is 0 Å². The highest BCUT2D eigenvalue weighted by atomic mass is 32.2. The number of aryl methyl sites for hydroxylation is 1. The lowest BCUT2D eigenvalue weighted by Crippen LogP contribution is -2.41. The Kier molecular flexibility index (Phi) is 5.73. The van der Waals surface area contributed by atoms with Crippen LogP contribution in [0.3, 0.4) is 0 Å². The Balaban J connectivity index is 2.20. The fourth-order valence-electron chi connectivity index (χ4n) is 2.96. The molecule has 154 valence electrons. The Morgan fingerprint density at radius 2 is 2.00 bits per heavy atom. The predicted molar refractivity (Wildman–Crippen MR) is 104 cm³/mol. The molecule has 0 unspecified atom stereocenters. The second-order valence-corrected chi connectivity index (χ2v) is 8.31. The van der Waals surface area contributed by atoms with Gasteiger partial charge in [0.15, 0.2) is 17.3 Å². The first-order valence-electron chi connectivity index (χ1n) is 9.05. The molecule has 0 saturated carbocycles. The summed E-state index contributed by atoms with van der Waals surface area (Å²) >= 11 is 0. The Hall–Kier alpha value is -3.14. The summed E-state index contributed by atoms with van der Waals surface area (Å²) in [5, 5.41) is 6.21. The smallest absolute Gasteiger partial charge is 0.308 e. The van der Waals surface area contributed by atoms with Crippen LogP contribution in [0.15, 0.2) is 45.4 Å². The van der Waals surface area contributed by atoms with Gasteiger partial charge in [-0.15, -0.1) is 0 Å². The largest absolute Gasteiger partial charge is 0.424 e. The van der Waals surface area contributed by atoms with E-state index in [0.717, 1.165) is 4.31 Å². The Morgan fingerprint density at radius 1 is 1.28 bits per heavy atom. The lowest BCUT2D eigenvalue weighted by Gasteiger charge is -2.32. The molecule has 0 radical (unpaired) electrons. The van der Waals surface area contributed by atoms with E-state index in [4.69, 9.17) is 9.26 Å². The summed E-state index contributed by atoms with van der Waals surface area (Å²) in [5.41, 5.74) is -0.120. The van der Waals surface area contributed by atoms with Crippen molar-refractivity contribution in [3.63, 3.8) is 0 Å². The lowest BCUT2D eigenvalue weighted by atomic mass is 10.1. The van der Waals surface area contributed by atoms with Gasteiger partial charge in [0.05, 0.1) is 4.90 Å². The van der Waals surface area contributed by atoms with E-state index in [9.17, 15) is 18.0 Å². The average Bonchev–Trinajstić information content (AvgIpc) is 3.07. The molecule has 3 rings (SSSR count). The molecule has 9 nitrogen and oxygen atoms in total. The third kappa shape index (κ3) is 4.02. The molecule has 1 aliphatic rings. The van der Waals surface area contributed by atoms with Gasteiger partial charge in [-0.05, 0) is 25.5 Å². The first-order chi connectivity index (χ1) is 13.8. The number of anilines is 1. The molecule has 2 aromatic rings. The number of benzene rings is 1. The second-order valence-electron chi connectivity index (χ2n) is 6.48. The zero-order valence-electron chi connectivity index (χ0n) is 16.3. The summed E-state index contributed by atoms with van der Waals surface area (Å²) in [5.74, 6) is -0.972. The van der Waals surface area contributed by atoms with Gasteiger partial charge in [0, 0.05) is 25.1 Å². The van der Waals surface area contributed by atoms with Gasteiger partial charge >= 0.3 is 5.97 Å². The summed E-state index contributed by atoms with van der Waals surface area (Å²) in [6.07, 6.45) is 1.21. The number of sulfonamides is 1. The minimum atomic E-state index is -4.03. The molecule has 1 aromatic carbocycles. The minimum absolute atomic E-state index is 0.0267. The van der Waals surface area contributed by atoms with Crippen molar-refractivity contribution in [2.45, 2.75) is 38.5 Å². The average molecular weight is 419 g/mol. The van der Waals surface area contributed by atoms with Crippen molar-refractivity contribution in [2.75, 3.05) is 11.9 Å². The number of esters is 1. The van der Waals surface area contributed by atoms with Gasteiger partial charge in [-0.2, -0.15) is 0 Å². The molecule has 1 N–H and O–H groups in total. The van der Waals surface area contributed by atoms with Crippen molar-refractivity contribution in [1.82, 2.24) is 9.46 Å². The zero-order chi connectivity index (χ0) is 21.2. The number of amides is 1. The predicted octanol–water partition coefficient (Wildman–Crippen LogP) is 2.66. The number of fused-ring (bicyclic) bond motifs is 1. The number of unbranched alkanes of at least 4 members (excludes halogenated alkanes) is 1. The molecule has 0 bridgehead atoms. The molecule has 0 saturated heterocycles. The number of aromatic nitrogens is 1. The third-order valence-electron chi connectivity index (χ3n) is 4.21. The van der Waals surface area contributed by atoms with Crippen LogP contribution in [-0.2, 0) is 24.3 Å². The Labute approximate surface area is 168 Å². The van der Waals surface area contributed by atoms with Crippen LogP contribution in [0.5, 0.6) is 0 Å². The summed E-state index contributed by atoms with van der Waals surface area (Å²) in [4.78, 5) is 24.8. The number of hydrogen-bond donors (Lipinski definition) is 1. The van der Waals surface area contributed by atoms with Crippen molar-refractivity contribution < 1.29 is 27.3 Å². The van der Waals surface area contributed by atoms with Crippen molar-refractivity contribution in [1.29, 1.82) is 0 Å². The topological polar surface area (TPSA) is 119 Å². The van der Waals surface area contributed by atoms with E-state index in [1.165, 1.54) is 25.1 Å².